The van der Waals surface area contributed by atoms with E-state index in [1.54, 1.807) is 17.0 Å². The van der Waals surface area contributed by atoms with Crippen LogP contribution in [0, 0.1) is 3.57 Å². The summed E-state index contributed by atoms with van der Waals surface area (Å²) < 4.78 is 122. The molecule has 1 saturated heterocycles. The number of rotatable bonds is 5. The van der Waals surface area contributed by atoms with Crippen molar-refractivity contribution in [1.82, 2.24) is 4.90 Å². The Labute approximate surface area is 222 Å². The Morgan fingerprint density at radius 3 is 2.19 bits per heavy atom. The summed E-state index contributed by atoms with van der Waals surface area (Å²) in [6.07, 6.45) is -12.6. The highest BCUT2D eigenvalue weighted by Gasteiger charge is 2.73. The molecule has 0 saturated carbocycles. The van der Waals surface area contributed by atoms with Crippen LogP contribution in [0.15, 0.2) is 59.7 Å². The zero-order valence-electron chi connectivity index (χ0n) is 19.0. The van der Waals surface area contributed by atoms with Crippen LogP contribution in [0.1, 0.15) is 29.5 Å². The molecule has 0 unspecified atom stereocenters. The number of likely N-dealkylation sites (tertiary alicyclic amines) is 1. The van der Waals surface area contributed by atoms with E-state index in [0.29, 0.717) is 12.1 Å². The predicted octanol–water partition coefficient (Wildman–Crippen LogP) is 6.34. The van der Waals surface area contributed by atoms with Gasteiger partial charge in [0.05, 0.1) is 17.2 Å². The summed E-state index contributed by atoms with van der Waals surface area (Å²) in [5, 5.41) is 9.77. The minimum absolute atomic E-state index is 0.0313. The molecule has 202 valence electrons. The minimum Gasteiger partial charge on any atom is -0.512 e. The predicted molar refractivity (Wildman–Crippen MR) is 129 cm³/mol. The van der Waals surface area contributed by atoms with Gasteiger partial charge < -0.3 is 5.11 Å². The first kappa shape index (κ1) is 28.1. The number of fused-ring (bicyclic) bond motifs is 3. The van der Waals surface area contributed by atoms with E-state index in [9.17, 15) is 44.3 Å². The van der Waals surface area contributed by atoms with Crippen molar-refractivity contribution in [2.45, 2.75) is 53.0 Å². The van der Waals surface area contributed by atoms with Crippen LogP contribution in [-0.2, 0) is 26.7 Å². The molecular formula is C24H21F7INO3S. The first-order valence-corrected chi connectivity index (χ1v) is 13.6. The van der Waals surface area contributed by atoms with Gasteiger partial charge in [-0.05, 0) is 77.2 Å². The lowest BCUT2D eigenvalue weighted by Crippen LogP contribution is -2.52. The number of benzene rings is 2. The third kappa shape index (κ3) is 4.24. The average molecular weight is 663 g/mol. The van der Waals surface area contributed by atoms with E-state index in [1.807, 2.05) is 22.6 Å². The van der Waals surface area contributed by atoms with Gasteiger partial charge in [-0.25, -0.2) is 12.8 Å². The maximum atomic E-state index is 14.8. The number of nitrogens with zero attached hydrogens (tertiary/aromatic N) is 1. The van der Waals surface area contributed by atoms with Gasteiger partial charge in [0.2, 0.25) is 0 Å². The number of hydrogen-bond donors (Lipinski definition) is 1. The summed E-state index contributed by atoms with van der Waals surface area (Å²) in [7, 11) is -4.26. The van der Waals surface area contributed by atoms with Gasteiger partial charge in [0.15, 0.2) is 9.84 Å². The maximum Gasteiger partial charge on any atom is 0.435 e. The van der Waals surface area contributed by atoms with Crippen molar-refractivity contribution in [3.05, 3.63) is 75.1 Å². The topological polar surface area (TPSA) is 57.6 Å². The van der Waals surface area contributed by atoms with E-state index in [4.69, 9.17) is 0 Å². The van der Waals surface area contributed by atoms with Crippen molar-refractivity contribution >= 4 is 32.4 Å². The standard InChI is InChI=1S/C24H21F7INO3S/c1-14(34)13-33-11-10-21(37(35,36)18-6-4-17(32)5-7-18)19-8-3-16(12-15(19)2-9-20(21)33)22(25,23(26,27)28)24(29,30)31/h3-8,12,20,34H,1-2,9-11,13H2/t20-,21-/m1/s1. The summed E-state index contributed by atoms with van der Waals surface area (Å²) in [6, 6.07) is 6.91. The SMILES string of the molecule is C=C(O)CN1CC[C@@]2(S(=O)(=O)c3ccc(I)cc3)c3ccc(C(F)(C(F)(F)F)C(F)(F)F)cc3CC[C@@H]12. The van der Waals surface area contributed by atoms with E-state index in [-0.39, 0.29) is 54.1 Å². The number of aliphatic hydroxyl groups is 1. The molecule has 1 aliphatic carbocycles. The van der Waals surface area contributed by atoms with E-state index >= 15 is 0 Å². The molecule has 0 spiro atoms. The van der Waals surface area contributed by atoms with E-state index in [2.05, 4.69) is 6.58 Å². The van der Waals surface area contributed by atoms with Crippen LogP contribution >= 0.6 is 22.6 Å². The van der Waals surface area contributed by atoms with E-state index in [0.717, 1.165) is 9.64 Å². The van der Waals surface area contributed by atoms with Gasteiger partial charge >= 0.3 is 18.0 Å². The average Bonchev–Trinajstić information content (AvgIpc) is 3.16. The Balaban J connectivity index is 1.95. The van der Waals surface area contributed by atoms with Crippen LogP contribution in [0.4, 0.5) is 30.7 Å². The normalized spacial score (nSPS) is 23.0. The smallest absolute Gasteiger partial charge is 0.435 e. The summed E-state index contributed by atoms with van der Waals surface area (Å²) >= 11 is 1.99. The number of alkyl halides is 7. The van der Waals surface area contributed by atoms with Crippen LogP contribution in [0.3, 0.4) is 0 Å². The van der Waals surface area contributed by atoms with Crippen molar-refractivity contribution in [3.63, 3.8) is 0 Å². The van der Waals surface area contributed by atoms with Crippen molar-refractivity contribution < 1.29 is 44.3 Å². The number of halogens is 8. The van der Waals surface area contributed by atoms with Crippen LogP contribution in [-0.4, -0.2) is 49.9 Å². The quantitative estimate of drug-likeness (QED) is 0.231. The second-order valence-corrected chi connectivity index (χ2v) is 12.7. The van der Waals surface area contributed by atoms with Crippen molar-refractivity contribution in [1.29, 1.82) is 0 Å². The first-order chi connectivity index (χ1) is 17.0. The molecule has 4 rings (SSSR count). The molecule has 1 fully saturated rings. The van der Waals surface area contributed by atoms with Crippen LogP contribution in [0.5, 0.6) is 0 Å². The highest BCUT2D eigenvalue weighted by molar-refractivity contribution is 14.1. The van der Waals surface area contributed by atoms with Gasteiger partial charge in [-0.15, -0.1) is 0 Å². The second kappa shape index (κ2) is 9.11. The van der Waals surface area contributed by atoms with Crippen LogP contribution in [0.25, 0.3) is 0 Å². The molecule has 37 heavy (non-hydrogen) atoms. The van der Waals surface area contributed by atoms with Crippen molar-refractivity contribution in [2.24, 2.45) is 0 Å². The number of hydrogen-bond acceptors (Lipinski definition) is 4. The molecule has 0 bridgehead atoms. The molecule has 1 aliphatic heterocycles. The fourth-order valence-electron chi connectivity index (χ4n) is 5.57. The lowest BCUT2D eigenvalue weighted by atomic mass is 9.77. The number of aryl methyl sites for hydroxylation is 1. The number of aliphatic hydroxyl groups excluding tert-OH is 1. The van der Waals surface area contributed by atoms with Gasteiger partial charge in [-0.2, -0.15) is 26.3 Å². The Kier molecular flexibility index (Phi) is 6.93. The third-order valence-corrected chi connectivity index (χ3v) is 10.4. The van der Waals surface area contributed by atoms with Crippen LogP contribution < -0.4 is 0 Å². The second-order valence-electron chi connectivity index (χ2n) is 9.21. The van der Waals surface area contributed by atoms with Gasteiger partial charge in [0.25, 0.3) is 0 Å². The van der Waals surface area contributed by atoms with Gasteiger partial charge in [0, 0.05) is 21.7 Å². The van der Waals surface area contributed by atoms with Gasteiger partial charge in [-0.1, -0.05) is 24.8 Å². The largest absolute Gasteiger partial charge is 0.512 e. The third-order valence-electron chi connectivity index (χ3n) is 7.17. The maximum absolute atomic E-state index is 14.8. The lowest BCUT2D eigenvalue weighted by Gasteiger charge is -2.43. The highest BCUT2D eigenvalue weighted by atomic mass is 127. The highest BCUT2D eigenvalue weighted by Crippen LogP contribution is 2.56. The molecule has 0 aromatic heterocycles. The van der Waals surface area contributed by atoms with Crippen molar-refractivity contribution in [3.8, 4) is 0 Å². The molecular weight excluding hydrogens is 642 g/mol. The Morgan fingerprint density at radius 2 is 1.65 bits per heavy atom. The molecule has 1 N–H and O–H groups in total. The minimum atomic E-state index is -6.28. The molecule has 2 atom stereocenters. The first-order valence-electron chi connectivity index (χ1n) is 11.0. The summed E-state index contributed by atoms with van der Waals surface area (Å²) in [5.41, 5.74) is -7.33. The summed E-state index contributed by atoms with van der Waals surface area (Å²) in [6.45, 7) is 3.56. The Hall–Kier alpha value is -1.87. The molecule has 2 aliphatic rings. The molecule has 1 heterocycles. The summed E-state index contributed by atoms with van der Waals surface area (Å²) in [5.74, 6) is -0.221. The van der Waals surface area contributed by atoms with Gasteiger partial charge in [-0.3, -0.25) is 4.90 Å². The lowest BCUT2D eigenvalue weighted by molar-refractivity contribution is -0.348. The zero-order valence-corrected chi connectivity index (χ0v) is 22.0. The van der Waals surface area contributed by atoms with Crippen LogP contribution in [0.2, 0.25) is 0 Å². The van der Waals surface area contributed by atoms with Crippen molar-refractivity contribution in [2.75, 3.05) is 13.1 Å². The molecule has 0 radical (unpaired) electrons. The fourth-order valence-corrected chi connectivity index (χ4v) is 8.32. The van der Waals surface area contributed by atoms with E-state index in [1.165, 1.54) is 12.1 Å². The fraction of sp³-hybridized carbons (Fsp3) is 0.417. The zero-order chi connectivity index (χ0) is 27.6. The molecule has 2 aromatic rings. The summed E-state index contributed by atoms with van der Waals surface area (Å²) in [4.78, 5) is 1.62. The molecule has 0 amide bonds. The Morgan fingerprint density at radius 1 is 1.05 bits per heavy atom. The molecule has 13 heteroatoms. The molecule has 4 nitrogen and oxygen atoms in total. The Bertz CT molecular complexity index is 1310. The number of sulfone groups is 1. The monoisotopic (exact) mass is 663 g/mol. The molecule has 2 aromatic carbocycles. The van der Waals surface area contributed by atoms with Gasteiger partial charge in [0.1, 0.15) is 4.75 Å². The van der Waals surface area contributed by atoms with E-state index < -0.39 is 44.2 Å².